The third-order valence-corrected chi connectivity index (χ3v) is 3.88. The van der Waals surface area contributed by atoms with Crippen LogP contribution in [0.4, 0.5) is 0 Å². The van der Waals surface area contributed by atoms with Crippen molar-refractivity contribution in [2.24, 2.45) is 5.92 Å². The van der Waals surface area contributed by atoms with Gasteiger partial charge in [-0.2, -0.15) is 0 Å². The van der Waals surface area contributed by atoms with Crippen LogP contribution in [0.3, 0.4) is 0 Å². The molecule has 5 heteroatoms. The summed E-state index contributed by atoms with van der Waals surface area (Å²) in [7, 11) is 0. The fourth-order valence-electron chi connectivity index (χ4n) is 3.09. The number of para-hydroxylation sites is 1. The highest BCUT2D eigenvalue weighted by atomic mass is 16.5. The van der Waals surface area contributed by atoms with Gasteiger partial charge in [0.1, 0.15) is 11.7 Å². The van der Waals surface area contributed by atoms with Gasteiger partial charge in [-0.3, -0.25) is 9.59 Å². The van der Waals surface area contributed by atoms with Gasteiger partial charge in [-0.05, 0) is 25.5 Å². The molecule has 0 radical (unpaired) electrons. The number of benzene rings is 1. The van der Waals surface area contributed by atoms with E-state index in [1.165, 1.54) is 0 Å². The standard InChI is InChI=1S/C15H17NO4/c1-3-19-14(18)12-10-8-15(2,16-13(12)17)20-11-7-5-4-6-9(10)11/h4-7,10,12H,3,8H2,1-2H3,(H,16,17)/t10-,12-,15-/m0/s1. The predicted molar refractivity (Wildman–Crippen MR) is 71.1 cm³/mol. The van der Waals surface area contributed by atoms with Crippen molar-refractivity contribution in [2.75, 3.05) is 6.61 Å². The highest BCUT2D eigenvalue weighted by molar-refractivity contribution is 6.00. The lowest BCUT2D eigenvalue weighted by molar-refractivity contribution is -0.160. The predicted octanol–water partition coefficient (Wildman–Crippen LogP) is 1.58. The van der Waals surface area contributed by atoms with Crippen molar-refractivity contribution in [3.8, 4) is 5.75 Å². The topological polar surface area (TPSA) is 64.6 Å². The van der Waals surface area contributed by atoms with E-state index in [-0.39, 0.29) is 18.4 Å². The second-order valence-electron chi connectivity index (χ2n) is 5.40. The van der Waals surface area contributed by atoms with Crippen LogP contribution < -0.4 is 10.1 Å². The third-order valence-electron chi connectivity index (χ3n) is 3.88. The minimum Gasteiger partial charge on any atom is -0.468 e. The van der Waals surface area contributed by atoms with E-state index in [1.54, 1.807) is 6.92 Å². The van der Waals surface area contributed by atoms with Gasteiger partial charge < -0.3 is 14.8 Å². The molecular weight excluding hydrogens is 258 g/mol. The highest BCUT2D eigenvalue weighted by Crippen LogP contribution is 2.46. The second-order valence-corrected chi connectivity index (χ2v) is 5.40. The Morgan fingerprint density at radius 1 is 1.50 bits per heavy atom. The van der Waals surface area contributed by atoms with Gasteiger partial charge in [0.2, 0.25) is 5.91 Å². The first-order valence-electron chi connectivity index (χ1n) is 6.80. The molecule has 0 unspecified atom stereocenters. The van der Waals surface area contributed by atoms with Crippen LogP contribution in [0.1, 0.15) is 31.7 Å². The Hall–Kier alpha value is -2.04. The van der Waals surface area contributed by atoms with Crippen LogP contribution >= 0.6 is 0 Å². The Morgan fingerprint density at radius 3 is 3.00 bits per heavy atom. The van der Waals surface area contributed by atoms with Crippen LogP contribution in [0.5, 0.6) is 5.75 Å². The first-order valence-corrected chi connectivity index (χ1v) is 6.80. The number of piperidine rings is 1. The number of rotatable bonds is 2. The molecule has 3 rings (SSSR count). The Kier molecular flexibility index (Phi) is 2.92. The van der Waals surface area contributed by atoms with Crippen molar-refractivity contribution in [1.82, 2.24) is 5.32 Å². The van der Waals surface area contributed by atoms with E-state index < -0.39 is 17.6 Å². The average Bonchev–Trinajstić information content (AvgIpc) is 2.37. The molecule has 2 bridgehead atoms. The van der Waals surface area contributed by atoms with E-state index in [9.17, 15) is 9.59 Å². The summed E-state index contributed by atoms with van der Waals surface area (Å²) < 4.78 is 10.9. The number of ether oxygens (including phenoxy) is 2. The Labute approximate surface area is 117 Å². The fraction of sp³-hybridized carbons (Fsp3) is 0.467. The van der Waals surface area contributed by atoms with Gasteiger partial charge in [-0.25, -0.2) is 0 Å². The molecule has 2 aliphatic rings. The lowest BCUT2D eigenvalue weighted by Crippen LogP contribution is -2.62. The summed E-state index contributed by atoms with van der Waals surface area (Å²) in [6.07, 6.45) is 0.569. The third kappa shape index (κ3) is 1.94. The zero-order valence-corrected chi connectivity index (χ0v) is 11.5. The summed E-state index contributed by atoms with van der Waals surface area (Å²) in [5, 5.41) is 2.79. The van der Waals surface area contributed by atoms with Gasteiger partial charge in [-0.1, -0.05) is 18.2 Å². The highest BCUT2D eigenvalue weighted by Gasteiger charge is 2.52. The number of esters is 1. The van der Waals surface area contributed by atoms with Crippen LogP contribution in [0, 0.1) is 5.92 Å². The summed E-state index contributed by atoms with van der Waals surface area (Å²) >= 11 is 0. The number of hydrogen-bond acceptors (Lipinski definition) is 4. The molecule has 3 atom stereocenters. The molecular formula is C15H17NO4. The number of amides is 1. The lowest BCUT2D eigenvalue weighted by Gasteiger charge is -2.46. The molecule has 1 aromatic rings. The Morgan fingerprint density at radius 2 is 2.25 bits per heavy atom. The zero-order valence-electron chi connectivity index (χ0n) is 11.5. The number of nitrogens with one attached hydrogen (secondary N) is 1. The maximum atomic E-state index is 12.2. The summed E-state index contributed by atoms with van der Waals surface area (Å²) in [6.45, 7) is 3.83. The SMILES string of the molecule is CCOC(=O)[C@@H]1C(=O)N[C@]2(C)C[C@H]1c1ccccc1O2. The molecule has 2 heterocycles. The van der Waals surface area contributed by atoms with E-state index in [2.05, 4.69) is 5.32 Å². The van der Waals surface area contributed by atoms with Crippen LogP contribution in [-0.4, -0.2) is 24.2 Å². The molecule has 0 saturated carbocycles. The summed E-state index contributed by atoms with van der Waals surface area (Å²) in [5.74, 6) is -1.06. The van der Waals surface area contributed by atoms with Crippen molar-refractivity contribution in [3.05, 3.63) is 29.8 Å². The van der Waals surface area contributed by atoms with E-state index in [1.807, 2.05) is 31.2 Å². The summed E-state index contributed by atoms with van der Waals surface area (Å²) in [4.78, 5) is 24.3. The first kappa shape index (κ1) is 13.0. The molecule has 1 N–H and O–H groups in total. The van der Waals surface area contributed by atoms with Crippen molar-refractivity contribution in [2.45, 2.75) is 31.9 Å². The van der Waals surface area contributed by atoms with Gasteiger partial charge >= 0.3 is 5.97 Å². The minimum atomic E-state index is -0.798. The van der Waals surface area contributed by atoms with Crippen LogP contribution in [0.25, 0.3) is 0 Å². The molecule has 1 amide bonds. The minimum absolute atomic E-state index is 0.197. The van der Waals surface area contributed by atoms with Gasteiger partial charge in [0.15, 0.2) is 5.72 Å². The van der Waals surface area contributed by atoms with E-state index in [0.717, 1.165) is 11.3 Å². The summed E-state index contributed by atoms with van der Waals surface area (Å²) in [6, 6.07) is 7.54. The number of carbonyl (C=O) groups is 2. The molecule has 0 aromatic heterocycles. The van der Waals surface area contributed by atoms with Gasteiger partial charge in [0.05, 0.1) is 6.61 Å². The molecule has 0 aliphatic carbocycles. The normalized spacial score (nSPS) is 30.8. The summed E-state index contributed by atoms with van der Waals surface area (Å²) in [5.41, 5.74) is 0.150. The van der Waals surface area contributed by atoms with Gasteiger partial charge in [-0.15, -0.1) is 0 Å². The zero-order chi connectivity index (χ0) is 14.3. The molecule has 5 nitrogen and oxygen atoms in total. The van der Waals surface area contributed by atoms with Crippen molar-refractivity contribution in [1.29, 1.82) is 0 Å². The van der Waals surface area contributed by atoms with Gasteiger partial charge in [0.25, 0.3) is 0 Å². The number of hydrogen-bond donors (Lipinski definition) is 1. The van der Waals surface area contributed by atoms with E-state index in [0.29, 0.717) is 6.42 Å². The fourth-order valence-corrected chi connectivity index (χ4v) is 3.09. The maximum absolute atomic E-state index is 12.2. The monoisotopic (exact) mass is 275 g/mol. The smallest absolute Gasteiger partial charge is 0.319 e. The lowest BCUT2D eigenvalue weighted by atomic mass is 9.75. The van der Waals surface area contributed by atoms with Crippen molar-refractivity contribution < 1.29 is 19.1 Å². The Bertz CT molecular complexity index is 571. The maximum Gasteiger partial charge on any atom is 0.319 e. The Balaban J connectivity index is 2.04. The van der Waals surface area contributed by atoms with Gasteiger partial charge in [0, 0.05) is 12.3 Å². The molecule has 1 aromatic carbocycles. The molecule has 106 valence electrons. The van der Waals surface area contributed by atoms with Crippen LogP contribution in [0.15, 0.2) is 24.3 Å². The molecule has 20 heavy (non-hydrogen) atoms. The molecule has 1 saturated heterocycles. The molecule has 0 spiro atoms. The van der Waals surface area contributed by atoms with Crippen molar-refractivity contribution in [3.63, 3.8) is 0 Å². The van der Waals surface area contributed by atoms with Crippen molar-refractivity contribution >= 4 is 11.9 Å². The molecule has 2 aliphatic heterocycles. The first-order chi connectivity index (χ1) is 9.54. The number of carbonyl (C=O) groups excluding carboxylic acids is 2. The quantitative estimate of drug-likeness (QED) is 0.657. The second kappa shape index (κ2) is 4.51. The van der Waals surface area contributed by atoms with Crippen LogP contribution in [-0.2, 0) is 14.3 Å². The van der Waals surface area contributed by atoms with E-state index >= 15 is 0 Å². The van der Waals surface area contributed by atoms with Crippen LogP contribution in [0.2, 0.25) is 0 Å². The average molecular weight is 275 g/mol. The molecule has 1 fully saturated rings. The number of fused-ring (bicyclic) bond motifs is 4. The van der Waals surface area contributed by atoms with E-state index in [4.69, 9.17) is 9.47 Å². The largest absolute Gasteiger partial charge is 0.468 e.